The van der Waals surface area contributed by atoms with Gasteiger partial charge in [-0.25, -0.2) is 9.97 Å². The first-order valence-electron chi connectivity index (χ1n) is 8.82. The van der Waals surface area contributed by atoms with Crippen molar-refractivity contribution in [2.24, 2.45) is 5.41 Å². The zero-order valence-corrected chi connectivity index (χ0v) is 16.1. The first-order chi connectivity index (χ1) is 13.5. The topological polar surface area (TPSA) is 68.1 Å². The summed E-state index contributed by atoms with van der Waals surface area (Å²) in [6.07, 6.45) is 0.999. The molecule has 0 aliphatic heterocycles. The second kappa shape index (κ2) is 7.44. The van der Waals surface area contributed by atoms with Gasteiger partial charge in [-0.15, -0.1) is 13.2 Å². The van der Waals surface area contributed by atoms with E-state index < -0.39 is 17.4 Å². The van der Waals surface area contributed by atoms with Crippen LogP contribution < -0.4 is 4.74 Å². The number of pyridine rings is 1. The predicted octanol–water partition coefficient (Wildman–Crippen LogP) is 4.72. The lowest BCUT2D eigenvalue weighted by Crippen LogP contribution is -2.42. The van der Waals surface area contributed by atoms with Gasteiger partial charge in [0.1, 0.15) is 17.7 Å². The Labute approximate surface area is 166 Å². The summed E-state index contributed by atoms with van der Waals surface area (Å²) in [5.41, 5.74) is -0.704. The maximum absolute atomic E-state index is 12.7. The van der Waals surface area contributed by atoms with Gasteiger partial charge in [-0.2, -0.15) is 0 Å². The van der Waals surface area contributed by atoms with Crippen molar-refractivity contribution in [2.75, 3.05) is 0 Å². The predicted molar refractivity (Wildman–Crippen MR) is 101 cm³/mol. The number of benzene rings is 1. The molecule has 0 saturated carbocycles. The van der Waals surface area contributed by atoms with Crippen molar-refractivity contribution in [3.05, 3.63) is 72.6 Å². The van der Waals surface area contributed by atoms with E-state index >= 15 is 0 Å². The molecule has 0 spiro atoms. The monoisotopic (exact) mass is 403 g/mol. The van der Waals surface area contributed by atoms with E-state index in [4.69, 9.17) is 0 Å². The fourth-order valence-corrected chi connectivity index (χ4v) is 3.14. The molecule has 5 nitrogen and oxygen atoms in total. The molecule has 0 fully saturated rings. The molecule has 0 radical (unpaired) electrons. The minimum absolute atomic E-state index is 0.242. The van der Waals surface area contributed by atoms with Gasteiger partial charge < -0.3 is 9.84 Å². The van der Waals surface area contributed by atoms with Crippen molar-refractivity contribution < 1.29 is 23.0 Å². The number of ether oxygens (including phenoxy) is 1. The molecule has 152 valence electrons. The number of hydrogen-bond donors (Lipinski definition) is 1. The third-order valence-corrected chi connectivity index (χ3v) is 4.62. The third-order valence-electron chi connectivity index (χ3n) is 4.62. The first kappa shape index (κ1) is 20.7. The summed E-state index contributed by atoms with van der Waals surface area (Å²) >= 11 is 0. The molecular formula is C21H20F3N3O2. The van der Waals surface area contributed by atoms with Crippen LogP contribution in [0.3, 0.4) is 0 Å². The van der Waals surface area contributed by atoms with Crippen molar-refractivity contribution in [3.63, 3.8) is 0 Å². The van der Waals surface area contributed by atoms with E-state index in [0.29, 0.717) is 16.8 Å². The molecule has 2 aromatic heterocycles. The van der Waals surface area contributed by atoms with E-state index in [-0.39, 0.29) is 11.3 Å². The average Bonchev–Trinajstić information content (AvgIpc) is 2.66. The van der Waals surface area contributed by atoms with E-state index in [0.717, 1.165) is 0 Å². The van der Waals surface area contributed by atoms with E-state index in [9.17, 15) is 18.3 Å². The third kappa shape index (κ3) is 4.22. The van der Waals surface area contributed by atoms with Crippen molar-refractivity contribution in [1.82, 2.24) is 15.0 Å². The molecule has 0 saturated heterocycles. The summed E-state index contributed by atoms with van der Waals surface area (Å²) in [5, 5.41) is 11.5. The molecule has 3 aromatic rings. The summed E-state index contributed by atoms with van der Waals surface area (Å²) in [7, 11) is 0. The Balaban J connectivity index is 2.05. The summed E-state index contributed by atoms with van der Waals surface area (Å²) in [5.74, 6) is -0.322. The van der Waals surface area contributed by atoms with Crippen LogP contribution in [-0.2, 0) is 5.60 Å². The van der Waals surface area contributed by atoms with E-state index in [1.54, 1.807) is 18.2 Å². The maximum Gasteiger partial charge on any atom is 0.573 e. The Morgan fingerprint density at radius 3 is 2.10 bits per heavy atom. The lowest BCUT2D eigenvalue weighted by atomic mass is 9.70. The van der Waals surface area contributed by atoms with Gasteiger partial charge in [-0.3, -0.25) is 4.98 Å². The fraction of sp³-hybridized carbons (Fsp3) is 0.286. The van der Waals surface area contributed by atoms with Crippen LogP contribution in [0.2, 0.25) is 0 Å². The van der Waals surface area contributed by atoms with Crippen LogP contribution in [0.15, 0.2) is 61.3 Å². The molecule has 8 heteroatoms. The zero-order valence-electron chi connectivity index (χ0n) is 16.1. The lowest BCUT2D eigenvalue weighted by Gasteiger charge is -2.39. The van der Waals surface area contributed by atoms with Crippen molar-refractivity contribution in [3.8, 4) is 16.9 Å². The normalized spacial score (nSPS) is 14.3. The molecule has 1 aromatic carbocycles. The highest BCUT2D eigenvalue weighted by Gasteiger charge is 2.45. The van der Waals surface area contributed by atoms with Crippen LogP contribution >= 0.6 is 0 Å². The van der Waals surface area contributed by atoms with Crippen molar-refractivity contribution >= 4 is 0 Å². The van der Waals surface area contributed by atoms with Gasteiger partial charge >= 0.3 is 6.36 Å². The Morgan fingerprint density at radius 1 is 0.897 bits per heavy atom. The SMILES string of the molecule is CC(C)(C)C(O)(c1cncnc1)c1ccc(-c2ccccc2OC(F)(F)F)cn1. The van der Waals surface area contributed by atoms with Crippen molar-refractivity contribution in [2.45, 2.75) is 32.7 Å². The van der Waals surface area contributed by atoms with E-state index in [1.165, 1.54) is 43.1 Å². The average molecular weight is 403 g/mol. The second-order valence-corrected chi connectivity index (χ2v) is 7.56. The highest BCUT2D eigenvalue weighted by Crippen LogP contribution is 2.44. The molecule has 3 rings (SSSR count). The zero-order chi connectivity index (χ0) is 21.3. The molecule has 1 N–H and O–H groups in total. The molecule has 0 bridgehead atoms. The molecule has 0 aliphatic carbocycles. The Kier molecular flexibility index (Phi) is 5.32. The quantitative estimate of drug-likeness (QED) is 0.683. The molecular weight excluding hydrogens is 383 g/mol. The van der Waals surface area contributed by atoms with Gasteiger partial charge in [0.15, 0.2) is 0 Å². The highest BCUT2D eigenvalue weighted by molar-refractivity contribution is 5.69. The number of hydrogen-bond acceptors (Lipinski definition) is 5. The molecule has 1 atom stereocenters. The number of aliphatic hydroxyl groups is 1. The summed E-state index contributed by atoms with van der Waals surface area (Å²) in [6.45, 7) is 5.55. The molecule has 2 heterocycles. The van der Waals surface area contributed by atoms with Gasteiger partial charge in [0, 0.05) is 40.7 Å². The van der Waals surface area contributed by atoms with Gasteiger partial charge in [0.05, 0.1) is 5.69 Å². The number of para-hydroxylation sites is 1. The van der Waals surface area contributed by atoms with Crippen LogP contribution in [-0.4, -0.2) is 26.4 Å². The van der Waals surface area contributed by atoms with Crippen LogP contribution in [0.1, 0.15) is 32.0 Å². The molecule has 0 aliphatic rings. The van der Waals surface area contributed by atoms with Gasteiger partial charge in [0.25, 0.3) is 0 Å². The number of aromatic nitrogens is 3. The molecule has 0 amide bonds. The first-order valence-corrected chi connectivity index (χ1v) is 8.82. The number of halogens is 3. The van der Waals surface area contributed by atoms with Crippen LogP contribution in [0.4, 0.5) is 13.2 Å². The maximum atomic E-state index is 12.7. The van der Waals surface area contributed by atoms with Crippen LogP contribution in [0, 0.1) is 5.41 Å². The number of alkyl halides is 3. The largest absolute Gasteiger partial charge is 0.573 e. The summed E-state index contributed by atoms with van der Waals surface area (Å²) < 4.78 is 42.2. The smallest absolute Gasteiger partial charge is 0.405 e. The van der Waals surface area contributed by atoms with E-state index in [1.807, 2.05) is 20.8 Å². The second-order valence-electron chi connectivity index (χ2n) is 7.56. The summed E-state index contributed by atoms with van der Waals surface area (Å²) in [4.78, 5) is 12.3. The number of nitrogens with zero attached hydrogens (tertiary/aromatic N) is 3. The van der Waals surface area contributed by atoms with Crippen LogP contribution in [0.5, 0.6) is 5.75 Å². The Hall–Kier alpha value is -3.00. The van der Waals surface area contributed by atoms with Gasteiger partial charge in [-0.05, 0) is 12.1 Å². The van der Waals surface area contributed by atoms with E-state index in [2.05, 4.69) is 19.7 Å². The number of rotatable bonds is 4. The Bertz CT molecular complexity index is 971. The minimum Gasteiger partial charge on any atom is -0.405 e. The Morgan fingerprint density at radius 2 is 1.55 bits per heavy atom. The lowest BCUT2D eigenvalue weighted by molar-refractivity contribution is -0.274. The van der Waals surface area contributed by atoms with Crippen molar-refractivity contribution in [1.29, 1.82) is 0 Å². The van der Waals surface area contributed by atoms with Gasteiger partial charge in [-0.1, -0.05) is 45.0 Å². The molecule has 29 heavy (non-hydrogen) atoms. The standard InChI is InChI=1S/C21H20F3N3O2/c1-19(2,3)20(28,15-11-25-13-26-12-15)18-9-8-14(10-27-18)16-6-4-5-7-17(16)29-21(22,23)24/h4-13,28H,1-3H3. The van der Waals surface area contributed by atoms with Gasteiger partial charge in [0.2, 0.25) is 0 Å². The van der Waals surface area contributed by atoms with Crippen LogP contribution in [0.25, 0.3) is 11.1 Å². The highest BCUT2D eigenvalue weighted by atomic mass is 19.4. The minimum atomic E-state index is -4.80. The fourth-order valence-electron chi connectivity index (χ4n) is 3.14. The summed E-state index contributed by atoms with van der Waals surface area (Å²) in [6, 6.07) is 9.00. The molecule has 1 unspecified atom stereocenters.